The fourth-order valence-electron chi connectivity index (χ4n) is 1.90. The van der Waals surface area contributed by atoms with Gasteiger partial charge in [-0.05, 0) is 19.1 Å². The van der Waals surface area contributed by atoms with Gasteiger partial charge in [0, 0.05) is 18.2 Å². The summed E-state index contributed by atoms with van der Waals surface area (Å²) in [7, 11) is 0. The fourth-order valence-corrected chi connectivity index (χ4v) is 1.90. The molecule has 0 saturated carbocycles. The summed E-state index contributed by atoms with van der Waals surface area (Å²) < 4.78 is 26.3. The number of amides is 1. The van der Waals surface area contributed by atoms with E-state index in [1.807, 2.05) is 6.92 Å². The first-order valence-corrected chi connectivity index (χ1v) is 5.11. The molecule has 1 fully saturated rings. The third-order valence-corrected chi connectivity index (χ3v) is 2.68. The largest absolute Gasteiger partial charge is 0.322 e. The number of halogens is 2. The minimum absolute atomic E-state index is 0.0729. The summed E-state index contributed by atoms with van der Waals surface area (Å²) in [5.74, 6) is -1.32. The van der Waals surface area contributed by atoms with Crippen molar-refractivity contribution in [2.75, 3.05) is 13.1 Å². The Morgan fingerprint density at radius 2 is 2.25 bits per heavy atom. The molecule has 1 heterocycles. The van der Waals surface area contributed by atoms with Crippen molar-refractivity contribution in [2.45, 2.75) is 13.1 Å². The predicted molar refractivity (Wildman–Crippen MR) is 54.5 cm³/mol. The first-order valence-electron chi connectivity index (χ1n) is 5.11. The fraction of sp³-hybridized carbons (Fsp3) is 0.364. The molecule has 3 nitrogen and oxygen atoms in total. The number of nitrogens with zero attached hydrogens (tertiary/aromatic N) is 1. The molecule has 1 saturated heterocycles. The van der Waals surface area contributed by atoms with Crippen molar-refractivity contribution in [3.63, 3.8) is 0 Å². The van der Waals surface area contributed by atoms with E-state index < -0.39 is 17.8 Å². The van der Waals surface area contributed by atoms with Crippen LogP contribution in [0.1, 0.15) is 18.7 Å². The number of hydrogen-bond acceptors (Lipinski definition) is 2. The minimum Gasteiger partial charge on any atom is -0.322 e. The van der Waals surface area contributed by atoms with Crippen molar-refractivity contribution in [3.8, 4) is 0 Å². The molecule has 1 aliphatic rings. The van der Waals surface area contributed by atoms with E-state index >= 15 is 0 Å². The molecule has 1 aromatic rings. The van der Waals surface area contributed by atoms with Gasteiger partial charge in [-0.2, -0.15) is 0 Å². The van der Waals surface area contributed by atoms with Crippen LogP contribution in [0.4, 0.5) is 8.78 Å². The normalized spacial score (nSPS) is 20.6. The SMILES string of the molecule is CCN1C(=O)CNC1c1ccc(F)cc1F. The first-order chi connectivity index (χ1) is 7.63. The van der Waals surface area contributed by atoms with Gasteiger partial charge in [-0.3, -0.25) is 10.1 Å². The van der Waals surface area contributed by atoms with Crippen molar-refractivity contribution in [3.05, 3.63) is 35.4 Å². The van der Waals surface area contributed by atoms with E-state index in [9.17, 15) is 13.6 Å². The second-order valence-corrected chi connectivity index (χ2v) is 3.63. The summed E-state index contributed by atoms with van der Waals surface area (Å²) in [6, 6.07) is 3.38. The first kappa shape index (κ1) is 11.0. The van der Waals surface area contributed by atoms with E-state index in [-0.39, 0.29) is 12.5 Å². The zero-order valence-electron chi connectivity index (χ0n) is 8.84. The van der Waals surface area contributed by atoms with Crippen LogP contribution in [-0.2, 0) is 4.79 Å². The number of carbonyl (C=O) groups excluding carboxylic acids is 1. The van der Waals surface area contributed by atoms with Gasteiger partial charge >= 0.3 is 0 Å². The van der Waals surface area contributed by atoms with Gasteiger partial charge in [0.2, 0.25) is 5.91 Å². The minimum atomic E-state index is -0.634. The molecule has 5 heteroatoms. The van der Waals surface area contributed by atoms with Gasteiger partial charge in [0.25, 0.3) is 0 Å². The average molecular weight is 226 g/mol. The summed E-state index contributed by atoms with van der Waals surface area (Å²) in [5.41, 5.74) is 0.300. The molecule has 1 amide bonds. The molecule has 1 unspecified atom stereocenters. The summed E-state index contributed by atoms with van der Waals surface area (Å²) in [5, 5.41) is 2.90. The van der Waals surface area contributed by atoms with E-state index in [2.05, 4.69) is 5.32 Å². The van der Waals surface area contributed by atoms with Crippen LogP contribution in [0.15, 0.2) is 18.2 Å². The van der Waals surface area contributed by atoms with Crippen molar-refractivity contribution in [2.24, 2.45) is 0 Å². The Bertz CT molecular complexity index is 422. The molecule has 16 heavy (non-hydrogen) atoms. The molecule has 0 bridgehead atoms. The lowest BCUT2D eigenvalue weighted by atomic mass is 10.1. The molecular weight excluding hydrogens is 214 g/mol. The quantitative estimate of drug-likeness (QED) is 0.827. The molecule has 0 aromatic heterocycles. The van der Waals surface area contributed by atoms with Crippen molar-refractivity contribution in [1.29, 1.82) is 0 Å². The van der Waals surface area contributed by atoms with Gasteiger partial charge in [0.05, 0.1) is 6.54 Å². The highest BCUT2D eigenvalue weighted by molar-refractivity contribution is 5.80. The third kappa shape index (κ3) is 1.78. The Kier molecular flexibility index (Phi) is 2.87. The number of nitrogens with one attached hydrogen (secondary N) is 1. The molecule has 1 aliphatic heterocycles. The monoisotopic (exact) mass is 226 g/mol. The van der Waals surface area contributed by atoms with Gasteiger partial charge in [0.15, 0.2) is 0 Å². The van der Waals surface area contributed by atoms with Crippen LogP contribution in [0, 0.1) is 11.6 Å². The van der Waals surface area contributed by atoms with Gasteiger partial charge in [0.1, 0.15) is 17.8 Å². The summed E-state index contributed by atoms with van der Waals surface area (Å²) in [6.45, 7) is 2.50. The molecule has 0 aliphatic carbocycles. The standard InChI is InChI=1S/C11H12F2N2O/c1-2-15-10(16)6-14-11(15)8-4-3-7(12)5-9(8)13/h3-5,11,14H,2,6H2,1H3. The van der Waals surface area contributed by atoms with Crippen molar-refractivity contribution >= 4 is 5.91 Å². The average Bonchev–Trinajstić information content (AvgIpc) is 2.59. The van der Waals surface area contributed by atoms with Gasteiger partial charge in [-0.15, -0.1) is 0 Å². The zero-order valence-corrected chi connectivity index (χ0v) is 8.84. The molecule has 0 spiro atoms. The lowest BCUT2D eigenvalue weighted by molar-refractivity contribution is -0.127. The number of rotatable bonds is 2. The Balaban J connectivity index is 2.33. The number of benzene rings is 1. The van der Waals surface area contributed by atoms with Crippen LogP contribution in [0.2, 0.25) is 0 Å². The Morgan fingerprint density at radius 3 is 2.88 bits per heavy atom. The Labute approximate surface area is 92.1 Å². The maximum absolute atomic E-state index is 13.5. The van der Waals surface area contributed by atoms with E-state index in [1.54, 1.807) is 0 Å². The van der Waals surface area contributed by atoms with Crippen molar-refractivity contribution < 1.29 is 13.6 Å². The maximum atomic E-state index is 13.5. The number of carbonyl (C=O) groups is 1. The number of hydrogen-bond donors (Lipinski definition) is 1. The zero-order chi connectivity index (χ0) is 11.7. The summed E-state index contributed by atoms with van der Waals surface area (Å²) in [6.07, 6.45) is -0.488. The molecule has 2 rings (SSSR count). The Hall–Kier alpha value is -1.49. The van der Waals surface area contributed by atoms with Crippen LogP contribution in [-0.4, -0.2) is 23.9 Å². The van der Waals surface area contributed by atoms with E-state index in [0.29, 0.717) is 12.1 Å². The molecular formula is C11H12F2N2O. The number of likely N-dealkylation sites (N-methyl/N-ethyl adjacent to an activating group) is 1. The summed E-state index contributed by atoms with van der Waals surface area (Å²) in [4.78, 5) is 13.0. The smallest absolute Gasteiger partial charge is 0.238 e. The van der Waals surface area contributed by atoms with Gasteiger partial charge < -0.3 is 4.90 Å². The third-order valence-electron chi connectivity index (χ3n) is 2.68. The topological polar surface area (TPSA) is 32.3 Å². The summed E-state index contributed by atoms with van der Waals surface area (Å²) >= 11 is 0. The van der Waals surface area contributed by atoms with E-state index in [1.165, 1.54) is 17.0 Å². The maximum Gasteiger partial charge on any atom is 0.238 e. The van der Waals surface area contributed by atoms with Crippen LogP contribution >= 0.6 is 0 Å². The molecule has 0 radical (unpaired) electrons. The van der Waals surface area contributed by atoms with E-state index in [0.717, 1.165) is 6.07 Å². The molecule has 86 valence electrons. The molecule has 1 aromatic carbocycles. The molecule has 1 N–H and O–H groups in total. The lowest BCUT2D eigenvalue weighted by Crippen LogP contribution is -2.30. The second kappa shape index (κ2) is 4.17. The molecule has 1 atom stereocenters. The van der Waals surface area contributed by atoms with Gasteiger partial charge in [-0.1, -0.05) is 0 Å². The Morgan fingerprint density at radius 1 is 1.50 bits per heavy atom. The highest BCUT2D eigenvalue weighted by atomic mass is 19.1. The van der Waals surface area contributed by atoms with E-state index in [4.69, 9.17) is 0 Å². The lowest BCUT2D eigenvalue weighted by Gasteiger charge is -2.23. The van der Waals surface area contributed by atoms with Crippen LogP contribution in [0.25, 0.3) is 0 Å². The van der Waals surface area contributed by atoms with Crippen LogP contribution in [0.5, 0.6) is 0 Å². The van der Waals surface area contributed by atoms with Crippen LogP contribution < -0.4 is 5.32 Å². The highest BCUT2D eigenvalue weighted by Crippen LogP contribution is 2.24. The van der Waals surface area contributed by atoms with Crippen molar-refractivity contribution in [1.82, 2.24) is 10.2 Å². The highest BCUT2D eigenvalue weighted by Gasteiger charge is 2.31. The van der Waals surface area contributed by atoms with Gasteiger partial charge in [-0.25, -0.2) is 8.78 Å². The second-order valence-electron chi connectivity index (χ2n) is 3.63. The van der Waals surface area contributed by atoms with Crippen LogP contribution in [0.3, 0.4) is 0 Å². The predicted octanol–water partition coefficient (Wildman–Crippen LogP) is 1.42.